The lowest BCUT2D eigenvalue weighted by Crippen LogP contribution is -2.26. The van der Waals surface area contributed by atoms with Crippen molar-refractivity contribution in [3.05, 3.63) is 66.2 Å². The third kappa shape index (κ3) is 12.4. The predicted molar refractivity (Wildman–Crippen MR) is 170 cm³/mol. The number of aromatic carboxylic acids is 1. The number of rotatable bonds is 19. The summed E-state index contributed by atoms with van der Waals surface area (Å²) in [4.78, 5) is 48.6. The molecule has 9 nitrogen and oxygen atoms in total. The highest BCUT2D eigenvalue weighted by molar-refractivity contribution is 5.94. The molecule has 244 valence electrons. The average Bonchev–Trinajstić information content (AvgIpc) is 3.05. The number of unbranched alkanes of at least 4 members (excludes halogenated alkanes) is 6. The number of ether oxygens (including phenoxy) is 4. The lowest BCUT2D eigenvalue weighted by Gasteiger charge is -2.27. The van der Waals surface area contributed by atoms with E-state index in [2.05, 4.69) is 13.5 Å². The van der Waals surface area contributed by atoms with Gasteiger partial charge in [0.05, 0.1) is 24.7 Å². The number of carboxylic acid groups (broad SMARTS) is 1. The Labute approximate surface area is 265 Å². The van der Waals surface area contributed by atoms with Crippen molar-refractivity contribution in [3.63, 3.8) is 0 Å². The van der Waals surface area contributed by atoms with Gasteiger partial charge in [0.15, 0.2) is 0 Å². The molecule has 1 fully saturated rings. The topological polar surface area (TPSA) is 125 Å². The molecule has 0 radical (unpaired) electrons. The van der Waals surface area contributed by atoms with E-state index in [1.54, 1.807) is 24.3 Å². The van der Waals surface area contributed by atoms with Gasteiger partial charge in [-0.2, -0.15) is 0 Å². The van der Waals surface area contributed by atoms with E-state index in [1.807, 2.05) is 0 Å². The maximum absolute atomic E-state index is 12.9. The number of carbonyl (C=O) groups excluding carboxylic acids is 3. The highest BCUT2D eigenvalue weighted by Crippen LogP contribution is 2.34. The monoisotopic (exact) mass is 622 g/mol. The van der Waals surface area contributed by atoms with Crippen LogP contribution < -0.4 is 14.2 Å². The van der Waals surface area contributed by atoms with Gasteiger partial charge in [-0.05, 0) is 93.3 Å². The maximum atomic E-state index is 12.9. The minimum Gasteiger partial charge on any atom is -0.494 e. The van der Waals surface area contributed by atoms with Crippen LogP contribution in [0.5, 0.6) is 17.2 Å². The molecule has 1 aliphatic rings. The smallest absolute Gasteiger partial charge is 0.343 e. The van der Waals surface area contributed by atoms with Crippen LogP contribution in [0.25, 0.3) is 0 Å². The van der Waals surface area contributed by atoms with Crippen LogP contribution in [0.3, 0.4) is 0 Å². The summed E-state index contributed by atoms with van der Waals surface area (Å²) in [5.41, 5.74) is 0.00681. The molecule has 0 bridgehead atoms. The Morgan fingerprint density at radius 1 is 0.822 bits per heavy atom. The van der Waals surface area contributed by atoms with Gasteiger partial charge in [0, 0.05) is 6.08 Å². The zero-order valence-corrected chi connectivity index (χ0v) is 26.3. The molecule has 1 saturated carbocycles. The molecule has 1 N–H and O–H groups in total. The summed E-state index contributed by atoms with van der Waals surface area (Å²) in [6.07, 6.45) is 14.4. The Morgan fingerprint density at radius 2 is 1.49 bits per heavy atom. The van der Waals surface area contributed by atoms with E-state index in [1.165, 1.54) is 56.7 Å². The molecule has 1 aliphatic carbocycles. The van der Waals surface area contributed by atoms with Crippen LogP contribution in [-0.2, 0) is 14.3 Å². The first-order chi connectivity index (χ1) is 21.8. The van der Waals surface area contributed by atoms with Gasteiger partial charge in [0.25, 0.3) is 0 Å². The summed E-state index contributed by atoms with van der Waals surface area (Å²) in [6.45, 7) is 6.36. The van der Waals surface area contributed by atoms with Crippen molar-refractivity contribution >= 4 is 23.9 Å². The standard InChI is InChI=1S/C36H46O9/c1-3-5-6-7-9-12-26-13-15-27(16-14-26)36(41)45-32-22-21-30(25-31(32)34(38)39)44-35(40)28-17-19-29(20-18-28)42-23-10-8-11-24-43-33(37)4-2/h4,17-22,25-27H,2-3,5-16,23-24H2,1H3,(H,38,39). The summed E-state index contributed by atoms with van der Waals surface area (Å²) in [7, 11) is 0. The number of benzene rings is 2. The Kier molecular flexibility index (Phi) is 15.1. The van der Waals surface area contributed by atoms with Gasteiger partial charge in [-0.3, -0.25) is 4.79 Å². The van der Waals surface area contributed by atoms with Gasteiger partial charge in [-0.15, -0.1) is 0 Å². The second-order valence-electron chi connectivity index (χ2n) is 11.5. The molecule has 45 heavy (non-hydrogen) atoms. The average molecular weight is 623 g/mol. The third-order valence-electron chi connectivity index (χ3n) is 8.06. The molecule has 0 heterocycles. The Hall–Kier alpha value is -4.14. The minimum absolute atomic E-state index is 0.0238. The number of carboxylic acids is 1. The maximum Gasteiger partial charge on any atom is 0.343 e. The van der Waals surface area contributed by atoms with E-state index < -0.39 is 23.9 Å². The molecule has 0 saturated heterocycles. The Bertz CT molecular complexity index is 1260. The Balaban J connectivity index is 1.45. The normalized spacial score (nSPS) is 15.9. The zero-order chi connectivity index (χ0) is 32.4. The first-order valence-corrected chi connectivity index (χ1v) is 16.1. The lowest BCUT2D eigenvalue weighted by molar-refractivity contribution is -0.140. The van der Waals surface area contributed by atoms with Crippen LogP contribution in [-0.4, -0.2) is 42.2 Å². The van der Waals surface area contributed by atoms with Gasteiger partial charge in [0.2, 0.25) is 0 Å². The van der Waals surface area contributed by atoms with Crippen LogP contribution in [0, 0.1) is 11.8 Å². The molecule has 0 aromatic heterocycles. The molecule has 3 rings (SSSR count). The van der Waals surface area contributed by atoms with E-state index in [4.69, 9.17) is 18.9 Å². The molecular weight excluding hydrogens is 576 g/mol. The first kappa shape index (κ1) is 35.3. The van der Waals surface area contributed by atoms with Crippen LogP contribution >= 0.6 is 0 Å². The molecule has 2 aromatic rings. The highest BCUT2D eigenvalue weighted by Gasteiger charge is 2.29. The van der Waals surface area contributed by atoms with Crippen molar-refractivity contribution in [2.24, 2.45) is 11.8 Å². The highest BCUT2D eigenvalue weighted by atomic mass is 16.5. The summed E-state index contributed by atoms with van der Waals surface area (Å²) >= 11 is 0. The first-order valence-electron chi connectivity index (χ1n) is 16.1. The number of hydrogen-bond acceptors (Lipinski definition) is 8. The fourth-order valence-electron chi connectivity index (χ4n) is 5.40. The Morgan fingerprint density at radius 3 is 2.18 bits per heavy atom. The quantitative estimate of drug-likeness (QED) is 0.0719. The van der Waals surface area contributed by atoms with Crippen LogP contribution in [0.15, 0.2) is 55.1 Å². The van der Waals surface area contributed by atoms with E-state index in [9.17, 15) is 24.3 Å². The summed E-state index contributed by atoms with van der Waals surface area (Å²) in [5.74, 6) is -1.88. The second-order valence-corrected chi connectivity index (χ2v) is 11.5. The summed E-state index contributed by atoms with van der Waals surface area (Å²) in [5, 5.41) is 9.76. The number of esters is 3. The van der Waals surface area contributed by atoms with Gasteiger partial charge >= 0.3 is 23.9 Å². The van der Waals surface area contributed by atoms with Crippen molar-refractivity contribution in [3.8, 4) is 17.2 Å². The van der Waals surface area contributed by atoms with Gasteiger partial charge in [-0.25, -0.2) is 14.4 Å². The molecule has 0 spiro atoms. The molecule has 0 aliphatic heterocycles. The number of hydrogen-bond donors (Lipinski definition) is 1. The predicted octanol–water partition coefficient (Wildman–Crippen LogP) is 7.95. The van der Waals surface area contributed by atoms with Crippen LogP contribution in [0.2, 0.25) is 0 Å². The number of carbonyl (C=O) groups is 4. The van der Waals surface area contributed by atoms with Gasteiger partial charge < -0.3 is 24.1 Å². The van der Waals surface area contributed by atoms with Crippen LogP contribution in [0.1, 0.15) is 111 Å². The summed E-state index contributed by atoms with van der Waals surface area (Å²) < 4.78 is 21.6. The fourth-order valence-corrected chi connectivity index (χ4v) is 5.40. The summed E-state index contributed by atoms with van der Waals surface area (Å²) in [6, 6.07) is 10.4. The largest absolute Gasteiger partial charge is 0.494 e. The van der Waals surface area contributed by atoms with E-state index in [-0.39, 0.29) is 28.5 Å². The molecular formula is C36H46O9. The zero-order valence-electron chi connectivity index (χ0n) is 26.3. The van der Waals surface area contributed by atoms with E-state index >= 15 is 0 Å². The van der Waals surface area contributed by atoms with E-state index in [0.29, 0.717) is 24.9 Å². The van der Waals surface area contributed by atoms with Crippen molar-refractivity contribution in [1.29, 1.82) is 0 Å². The van der Waals surface area contributed by atoms with E-state index in [0.717, 1.165) is 51.0 Å². The van der Waals surface area contributed by atoms with Crippen molar-refractivity contribution in [1.82, 2.24) is 0 Å². The second kappa shape index (κ2) is 19.3. The molecule has 0 unspecified atom stereocenters. The fraction of sp³-hybridized carbons (Fsp3) is 0.500. The van der Waals surface area contributed by atoms with Crippen molar-refractivity contribution < 1.29 is 43.2 Å². The van der Waals surface area contributed by atoms with Crippen LogP contribution in [0.4, 0.5) is 0 Å². The van der Waals surface area contributed by atoms with Gasteiger partial charge in [-0.1, -0.05) is 52.0 Å². The lowest BCUT2D eigenvalue weighted by atomic mass is 9.80. The molecule has 0 amide bonds. The SMILES string of the molecule is C=CC(=O)OCCCCCOc1ccc(C(=O)Oc2ccc(OC(=O)C3CCC(CCCCCCC)CC3)c(C(=O)O)c2)cc1. The third-order valence-corrected chi connectivity index (χ3v) is 8.06. The van der Waals surface area contributed by atoms with Gasteiger partial charge in [0.1, 0.15) is 22.8 Å². The molecule has 2 aromatic carbocycles. The molecule has 0 atom stereocenters. The molecule has 9 heteroatoms. The van der Waals surface area contributed by atoms with Crippen molar-refractivity contribution in [2.75, 3.05) is 13.2 Å². The minimum atomic E-state index is -1.29. The van der Waals surface area contributed by atoms with Crippen molar-refractivity contribution in [2.45, 2.75) is 90.4 Å².